The number of pyridine rings is 2. The van der Waals surface area contributed by atoms with E-state index in [4.69, 9.17) is 22.6 Å². The fourth-order valence-electron chi connectivity index (χ4n) is 8.58. The molecule has 0 spiro atoms. The molecule has 2 aromatic carbocycles. The predicted octanol–water partition coefficient (Wildman–Crippen LogP) is 6.56. The lowest BCUT2D eigenvalue weighted by Crippen LogP contribution is -2.50. The van der Waals surface area contributed by atoms with Gasteiger partial charge in [0, 0.05) is 98.5 Å². The van der Waals surface area contributed by atoms with Gasteiger partial charge in [0.1, 0.15) is 24.6 Å². The number of morpholine rings is 2. The summed E-state index contributed by atoms with van der Waals surface area (Å²) in [6.07, 6.45) is 0.408. The maximum atomic E-state index is 14.2. The van der Waals surface area contributed by atoms with Crippen LogP contribution in [0.15, 0.2) is 60.9 Å². The molecule has 0 bridgehead atoms. The largest absolute Gasteiger partial charge is 0.365 e. The lowest BCUT2D eigenvalue weighted by molar-refractivity contribution is -0.136. The van der Waals surface area contributed by atoms with Crippen molar-refractivity contribution in [1.29, 1.82) is 0 Å². The molecule has 58 heavy (non-hydrogen) atoms. The normalized spacial score (nSPS) is 27.3. The molecule has 4 saturated heterocycles. The highest BCUT2D eigenvalue weighted by atomic mass is 35.5. The zero-order valence-corrected chi connectivity index (χ0v) is 33.7. The summed E-state index contributed by atoms with van der Waals surface area (Å²) < 4.78 is 39.9. The number of halogens is 3. The number of Topliss-reactive ketones (excluding diaryl/α,β-unsaturated/α-hetero) is 2. The number of likely N-dealkylation sites (tertiary alicyclic amines) is 1. The smallest absolute Gasteiger partial charge is 0.213 e. The second-order valence-corrected chi connectivity index (χ2v) is 15.7. The van der Waals surface area contributed by atoms with E-state index in [1.165, 1.54) is 0 Å². The molecule has 4 aliphatic heterocycles. The van der Waals surface area contributed by atoms with Crippen molar-refractivity contribution in [3.05, 3.63) is 83.8 Å². The SMILES string of the molecule is Cl.[C-]#[N+]c1ccc(N2CC(C)O[C@@H](C(=O)CC3CN(C)C[C@H]3F)C2)c2cccnc12.[C-]#[N+]c1ccc(N2CC(C)O[C@@H](C(=O)C[C@H]3CNC[C@H]3F)C2)c2cccnc12. The van der Waals surface area contributed by atoms with Crippen LogP contribution >= 0.6 is 12.4 Å². The number of nitrogens with one attached hydrogen (secondary N) is 1. The van der Waals surface area contributed by atoms with Crippen LogP contribution in [0.2, 0.25) is 0 Å². The molecule has 0 aliphatic carbocycles. The number of ketones is 2. The topological polar surface area (TPSA) is 109 Å². The van der Waals surface area contributed by atoms with Gasteiger partial charge in [0.25, 0.3) is 0 Å². The number of ether oxygens (including phenoxy) is 2. The Balaban J connectivity index is 0.000000192. The first-order chi connectivity index (χ1) is 27.5. The van der Waals surface area contributed by atoms with E-state index in [1.54, 1.807) is 24.5 Å². The molecular weight excluding hydrogens is 766 g/mol. The summed E-state index contributed by atoms with van der Waals surface area (Å²) in [7, 11) is 1.88. The van der Waals surface area contributed by atoms with Gasteiger partial charge in [0.15, 0.2) is 11.6 Å². The Kier molecular flexibility index (Phi) is 13.9. The first-order valence-electron chi connectivity index (χ1n) is 19.6. The number of nitrogens with zero attached hydrogens (tertiary/aromatic N) is 7. The van der Waals surface area contributed by atoms with Gasteiger partial charge in [-0.05, 0) is 45.2 Å². The Labute approximate surface area is 343 Å². The van der Waals surface area contributed by atoms with Crippen LogP contribution in [0.25, 0.3) is 31.5 Å². The molecule has 0 amide bonds. The number of fused-ring (bicyclic) bond motifs is 2. The quantitative estimate of drug-likeness (QED) is 0.197. The Bertz CT molecular complexity index is 2200. The molecular formula is C43H49ClF2N8O4. The fourth-order valence-corrected chi connectivity index (χ4v) is 8.58. The molecule has 1 N–H and O–H groups in total. The van der Waals surface area contributed by atoms with E-state index in [9.17, 15) is 18.4 Å². The third-order valence-corrected chi connectivity index (χ3v) is 11.3. The number of alkyl halides is 2. The summed E-state index contributed by atoms with van der Waals surface area (Å²) in [5.74, 6) is -0.618. The summed E-state index contributed by atoms with van der Waals surface area (Å²) in [6, 6.07) is 15.0. The van der Waals surface area contributed by atoms with Crippen LogP contribution in [-0.2, 0) is 19.1 Å². The Morgan fingerprint density at radius 3 is 1.66 bits per heavy atom. The zero-order valence-electron chi connectivity index (χ0n) is 32.9. The molecule has 3 unspecified atom stereocenters. The highest BCUT2D eigenvalue weighted by molar-refractivity contribution is 6.01. The summed E-state index contributed by atoms with van der Waals surface area (Å²) >= 11 is 0. The molecule has 0 radical (unpaired) electrons. The minimum absolute atomic E-state index is 0. The molecule has 8 rings (SSSR count). The van der Waals surface area contributed by atoms with Crippen LogP contribution in [0.1, 0.15) is 26.7 Å². The van der Waals surface area contributed by atoms with Crippen molar-refractivity contribution in [1.82, 2.24) is 20.2 Å². The first-order valence-corrected chi connectivity index (χ1v) is 19.6. The lowest BCUT2D eigenvalue weighted by Gasteiger charge is -2.38. The number of rotatable bonds is 8. The van der Waals surface area contributed by atoms with Gasteiger partial charge in [-0.2, -0.15) is 0 Å². The Hall–Kier alpha value is -4.83. The van der Waals surface area contributed by atoms with Gasteiger partial charge in [-0.1, -0.05) is 24.3 Å². The van der Waals surface area contributed by atoms with Crippen molar-refractivity contribution in [3.63, 3.8) is 0 Å². The average molecular weight is 815 g/mol. The summed E-state index contributed by atoms with van der Waals surface area (Å²) in [5, 5.41) is 4.78. The number of hydrogen-bond donors (Lipinski definition) is 1. The molecule has 306 valence electrons. The molecule has 8 atom stereocenters. The van der Waals surface area contributed by atoms with Gasteiger partial charge in [-0.25, -0.2) is 18.5 Å². The van der Waals surface area contributed by atoms with Gasteiger partial charge in [0.05, 0.1) is 49.5 Å². The van der Waals surface area contributed by atoms with Gasteiger partial charge < -0.3 is 29.5 Å². The summed E-state index contributed by atoms with van der Waals surface area (Å²) in [4.78, 5) is 47.7. The van der Waals surface area contributed by atoms with Crippen LogP contribution < -0.4 is 15.1 Å². The highest BCUT2D eigenvalue weighted by Crippen LogP contribution is 2.36. The molecule has 6 heterocycles. The highest BCUT2D eigenvalue weighted by Gasteiger charge is 2.38. The monoisotopic (exact) mass is 814 g/mol. The van der Waals surface area contributed by atoms with Crippen LogP contribution in [0, 0.1) is 25.0 Å². The van der Waals surface area contributed by atoms with E-state index < -0.39 is 24.6 Å². The molecule has 4 aliphatic rings. The number of aromatic nitrogens is 2. The van der Waals surface area contributed by atoms with Crippen molar-refractivity contribution >= 4 is 68.5 Å². The van der Waals surface area contributed by atoms with E-state index in [0.29, 0.717) is 74.8 Å². The van der Waals surface area contributed by atoms with Crippen molar-refractivity contribution in [3.8, 4) is 0 Å². The lowest BCUT2D eigenvalue weighted by atomic mass is 9.96. The molecule has 15 heteroatoms. The minimum Gasteiger partial charge on any atom is -0.365 e. The third-order valence-electron chi connectivity index (χ3n) is 11.3. The summed E-state index contributed by atoms with van der Waals surface area (Å²) in [6.45, 7) is 22.6. The van der Waals surface area contributed by atoms with Gasteiger partial charge in [0.2, 0.25) is 11.4 Å². The van der Waals surface area contributed by atoms with Gasteiger partial charge >= 0.3 is 0 Å². The number of hydrogen-bond acceptors (Lipinski definition) is 10. The van der Waals surface area contributed by atoms with Crippen LogP contribution in [0.3, 0.4) is 0 Å². The van der Waals surface area contributed by atoms with Crippen LogP contribution in [-0.4, -0.2) is 123 Å². The van der Waals surface area contributed by atoms with Crippen molar-refractivity contribution in [2.45, 2.75) is 63.4 Å². The second-order valence-electron chi connectivity index (χ2n) is 15.7. The molecule has 4 fully saturated rings. The van der Waals surface area contributed by atoms with E-state index in [-0.39, 0.29) is 60.9 Å². The van der Waals surface area contributed by atoms with Crippen molar-refractivity contribution < 1.29 is 27.8 Å². The summed E-state index contributed by atoms with van der Waals surface area (Å²) in [5.41, 5.74) is 4.23. The molecule has 2 aromatic heterocycles. The molecule has 4 aromatic rings. The molecule has 0 saturated carbocycles. The van der Waals surface area contributed by atoms with E-state index in [2.05, 4.69) is 34.8 Å². The van der Waals surface area contributed by atoms with Crippen molar-refractivity contribution in [2.75, 3.05) is 69.2 Å². The first kappa shape index (κ1) is 42.8. The van der Waals surface area contributed by atoms with E-state index >= 15 is 0 Å². The van der Waals surface area contributed by atoms with Gasteiger partial charge in [-0.15, -0.1) is 12.4 Å². The standard InChI is InChI=1S/C22H25FN4O2.C21H23FN4O2.ClH/c1-14-10-27(19-7-6-18(24-2)22-16(19)5-4-8-25-22)13-21(29-14)20(28)9-15-11-26(3)12-17(15)23;1-13-11-26(12-20(28-13)19(27)8-14-9-24-10-16(14)22)18-6-5-17(23-2)21-15(18)4-3-7-25-21;/h4-8,14-15,17,21H,9-13H2,1,3H3;3-7,13-14,16,20,24H,8-12H2,1H3;1H/t14?,15?,17-,21-;13?,14-,16+,20+;/m10./s1. The number of anilines is 2. The molecule has 12 nitrogen and oxygen atoms in total. The van der Waals surface area contributed by atoms with Crippen molar-refractivity contribution in [2.24, 2.45) is 11.8 Å². The van der Waals surface area contributed by atoms with E-state index in [0.717, 1.165) is 22.1 Å². The second kappa shape index (κ2) is 18.8. The Morgan fingerprint density at radius 2 is 1.22 bits per heavy atom. The number of carbonyl (C=O) groups is 2. The average Bonchev–Trinajstić information content (AvgIpc) is 3.77. The predicted molar refractivity (Wildman–Crippen MR) is 223 cm³/mol. The Morgan fingerprint density at radius 1 is 0.724 bits per heavy atom. The maximum Gasteiger partial charge on any atom is 0.213 e. The zero-order chi connectivity index (χ0) is 40.2. The fraction of sp³-hybridized carbons (Fsp3) is 0.488. The maximum absolute atomic E-state index is 14.2. The van der Waals surface area contributed by atoms with Gasteiger partial charge in [-0.3, -0.25) is 19.6 Å². The minimum atomic E-state index is -0.975. The van der Waals surface area contributed by atoms with E-state index in [1.807, 2.05) is 62.2 Å². The third kappa shape index (κ3) is 9.38. The van der Waals surface area contributed by atoms with Crippen LogP contribution in [0.4, 0.5) is 31.5 Å². The van der Waals surface area contributed by atoms with Crippen LogP contribution in [0.5, 0.6) is 0 Å². The number of carbonyl (C=O) groups excluding carboxylic acids is 2. The number of benzene rings is 2.